The Morgan fingerprint density at radius 3 is 2.30 bits per heavy atom. The van der Waals surface area contributed by atoms with Crippen LogP contribution >= 0.6 is 11.6 Å². The van der Waals surface area contributed by atoms with Gasteiger partial charge in [0.25, 0.3) is 0 Å². The lowest BCUT2D eigenvalue weighted by molar-refractivity contribution is -0.159. The second-order valence-electron chi connectivity index (χ2n) is 5.46. The number of esters is 1. The summed E-state index contributed by atoms with van der Waals surface area (Å²) in [5.41, 5.74) is -3.06. The summed E-state index contributed by atoms with van der Waals surface area (Å²) in [6.07, 6.45) is 0. The molecule has 3 nitrogen and oxygen atoms in total. The monoisotopic (exact) mass is 301 g/mol. The van der Waals surface area contributed by atoms with Crippen LogP contribution < -0.4 is 0 Å². The molecule has 20 heavy (non-hydrogen) atoms. The number of nitriles is 1. The van der Waals surface area contributed by atoms with Crippen LogP contribution in [0.1, 0.15) is 33.3 Å². The highest BCUT2D eigenvalue weighted by atomic mass is 35.5. The molecule has 0 aromatic heterocycles. The third kappa shape index (κ3) is 3.07. The number of rotatable bonds is 2. The van der Waals surface area contributed by atoms with Crippen LogP contribution in [0.25, 0.3) is 0 Å². The maximum absolute atomic E-state index is 14.0. The summed E-state index contributed by atoms with van der Waals surface area (Å²) < 4.78 is 32.3. The first kappa shape index (κ1) is 16.4. The minimum atomic E-state index is -1.91. The van der Waals surface area contributed by atoms with Crippen LogP contribution in [0.15, 0.2) is 12.1 Å². The molecule has 1 atom stereocenters. The maximum atomic E-state index is 14.0. The van der Waals surface area contributed by atoms with Crippen LogP contribution in [0.4, 0.5) is 8.78 Å². The van der Waals surface area contributed by atoms with Gasteiger partial charge in [-0.1, -0.05) is 17.7 Å². The van der Waals surface area contributed by atoms with E-state index < -0.39 is 33.6 Å². The van der Waals surface area contributed by atoms with Crippen molar-refractivity contribution < 1.29 is 18.3 Å². The van der Waals surface area contributed by atoms with Crippen molar-refractivity contribution in [3.8, 4) is 6.07 Å². The summed E-state index contributed by atoms with van der Waals surface area (Å²) in [6, 6.07) is 3.63. The van der Waals surface area contributed by atoms with Crippen LogP contribution in [0.2, 0.25) is 5.02 Å². The number of carbonyl (C=O) groups is 1. The van der Waals surface area contributed by atoms with Crippen molar-refractivity contribution in [2.24, 2.45) is 0 Å². The zero-order valence-corrected chi connectivity index (χ0v) is 12.3. The smallest absolute Gasteiger partial charge is 0.331 e. The van der Waals surface area contributed by atoms with Crippen molar-refractivity contribution in [3.05, 3.63) is 34.4 Å². The summed E-state index contributed by atoms with van der Waals surface area (Å²) in [5.74, 6) is -3.02. The number of benzene rings is 1. The van der Waals surface area contributed by atoms with Gasteiger partial charge in [0.2, 0.25) is 0 Å². The minimum absolute atomic E-state index is 0.319. The van der Waals surface area contributed by atoms with Gasteiger partial charge in [-0.2, -0.15) is 5.26 Å². The fourth-order valence-electron chi connectivity index (χ4n) is 1.51. The Morgan fingerprint density at radius 2 is 1.85 bits per heavy atom. The molecule has 1 rings (SSSR count). The van der Waals surface area contributed by atoms with E-state index in [4.69, 9.17) is 16.3 Å². The molecular formula is C14H14ClF2NO2. The predicted octanol–water partition coefficient (Wildman–Crippen LogP) is 3.74. The van der Waals surface area contributed by atoms with Crippen molar-refractivity contribution in [3.63, 3.8) is 0 Å². The lowest BCUT2D eigenvalue weighted by atomic mass is 9.83. The summed E-state index contributed by atoms with van der Waals surface area (Å²) in [5, 5.41) is 8.48. The van der Waals surface area contributed by atoms with E-state index in [2.05, 4.69) is 0 Å². The number of nitrogens with zero attached hydrogens (tertiary/aromatic N) is 1. The Labute approximate surface area is 121 Å². The average Bonchev–Trinajstić information content (AvgIpc) is 2.33. The lowest BCUT2D eigenvalue weighted by Gasteiger charge is -2.27. The number of halogens is 3. The molecule has 0 N–H and O–H groups in total. The van der Waals surface area contributed by atoms with Crippen LogP contribution in [0.3, 0.4) is 0 Å². The molecule has 0 aliphatic carbocycles. The molecule has 0 radical (unpaired) electrons. The van der Waals surface area contributed by atoms with Gasteiger partial charge in [0.1, 0.15) is 22.3 Å². The number of carbonyl (C=O) groups excluding carboxylic acids is 1. The van der Waals surface area contributed by atoms with Gasteiger partial charge in [-0.05, 0) is 33.8 Å². The highest BCUT2D eigenvalue weighted by molar-refractivity contribution is 6.31. The normalized spacial score (nSPS) is 14.3. The van der Waals surface area contributed by atoms with Gasteiger partial charge >= 0.3 is 5.97 Å². The topological polar surface area (TPSA) is 50.1 Å². The third-order valence-corrected chi connectivity index (χ3v) is 2.95. The fourth-order valence-corrected chi connectivity index (χ4v) is 1.67. The molecule has 0 spiro atoms. The number of ether oxygens (including phenoxy) is 1. The molecule has 0 bridgehead atoms. The molecule has 1 aromatic rings. The predicted molar refractivity (Wildman–Crippen MR) is 70.2 cm³/mol. The fraction of sp³-hybridized carbons (Fsp3) is 0.429. The number of hydrogen-bond acceptors (Lipinski definition) is 3. The standard InChI is InChI=1S/C14H14ClF2NO2/c1-13(2,3)20-12(19)14(4,7-18)8-5-6-9(16)10(15)11(8)17/h5-6H,1-4H3. The Balaban J connectivity index is 3.36. The quantitative estimate of drug-likeness (QED) is 0.617. The average molecular weight is 302 g/mol. The Hall–Kier alpha value is -1.67. The van der Waals surface area contributed by atoms with E-state index in [1.165, 1.54) is 6.92 Å². The van der Waals surface area contributed by atoms with Crippen molar-refractivity contribution in [1.29, 1.82) is 5.26 Å². The molecule has 108 valence electrons. The lowest BCUT2D eigenvalue weighted by Crippen LogP contribution is -2.38. The summed E-state index contributed by atoms with van der Waals surface area (Å²) >= 11 is 5.47. The van der Waals surface area contributed by atoms with Gasteiger partial charge in [-0.15, -0.1) is 0 Å². The van der Waals surface area contributed by atoms with E-state index >= 15 is 0 Å². The van der Waals surface area contributed by atoms with Crippen molar-refractivity contribution in [1.82, 2.24) is 0 Å². The first-order valence-electron chi connectivity index (χ1n) is 5.81. The van der Waals surface area contributed by atoms with E-state index in [0.29, 0.717) is 0 Å². The second-order valence-corrected chi connectivity index (χ2v) is 5.84. The van der Waals surface area contributed by atoms with Gasteiger partial charge in [0.15, 0.2) is 5.41 Å². The molecule has 0 amide bonds. The van der Waals surface area contributed by atoms with Gasteiger partial charge in [0, 0.05) is 5.56 Å². The molecule has 0 aliphatic heterocycles. The van der Waals surface area contributed by atoms with Gasteiger partial charge < -0.3 is 4.74 Å². The van der Waals surface area contributed by atoms with E-state index in [1.807, 2.05) is 0 Å². The van der Waals surface area contributed by atoms with Crippen LogP contribution in [0, 0.1) is 23.0 Å². The van der Waals surface area contributed by atoms with E-state index in [0.717, 1.165) is 12.1 Å². The molecule has 6 heteroatoms. The molecule has 0 heterocycles. The van der Waals surface area contributed by atoms with Gasteiger partial charge in [0.05, 0.1) is 6.07 Å². The second kappa shape index (κ2) is 5.37. The molecule has 0 aliphatic rings. The maximum Gasteiger partial charge on any atom is 0.331 e. The Bertz CT molecular complexity index is 590. The van der Waals surface area contributed by atoms with Crippen molar-refractivity contribution >= 4 is 17.6 Å². The molecular weight excluding hydrogens is 288 g/mol. The molecule has 0 saturated carbocycles. The molecule has 0 saturated heterocycles. The third-order valence-electron chi connectivity index (χ3n) is 2.60. The zero-order valence-electron chi connectivity index (χ0n) is 11.6. The minimum Gasteiger partial charge on any atom is -0.459 e. The van der Waals surface area contributed by atoms with Gasteiger partial charge in [-0.25, -0.2) is 13.6 Å². The summed E-state index contributed by atoms with van der Waals surface area (Å²) in [7, 11) is 0. The number of hydrogen-bond donors (Lipinski definition) is 0. The molecule has 0 fully saturated rings. The summed E-state index contributed by atoms with van der Waals surface area (Å²) in [6.45, 7) is 6.07. The SMILES string of the molecule is CC(C)(C)OC(=O)C(C)(C#N)c1ccc(F)c(Cl)c1F. The molecule has 1 unspecified atom stereocenters. The first-order valence-corrected chi connectivity index (χ1v) is 6.19. The highest BCUT2D eigenvalue weighted by Crippen LogP contribution is 2.33. The highest BCUT2D eigenvalue weighted by Gasteiger charge is 2.42. The largest absolute Gasteiger partial charge is 0.459 e. The van der Waals surface area contributed by atoms with Gasteiger partial charge in [-0.3, -0.25) is 0 Å². The van der Waals surface area contributed by atoms with E-state index in [-0.39, 0.29) is 5.56 Å². The van der Waals surface area contributed by atoms with Crippen LogP contribution in [-0.4, -0.2) is 11.6 Å². The molecule has 1 aromatic carbocycles. The first-order chi connectivity index (χ1) is 9.03. The summed E-state index contributed by atoms with van der Waals surface area (Å²) in [4.78, 5) is 12.1. The van der Waals surface area contributed by atoms with Crippen LogP contribution in [-0.2, 0) is 14.9 Å². The van der Waals surface area contributed by atoms with Crippen molar-refractivity contribution in [2.45, 2.75) is 38.7 Å². The Morgan fingerprint density at radius 1 is 1.30 bits per heavy atom. The van der Waals surface area contributed by atoms with E-state index in [1.54, 1.807) is 26.8 Å². The van der Waals surface area contributed by atoms with E-state index in [9.17, 15) is 18.8 Å². The Kier molecular flexibility index (Phi) is 4.40. The van der Waals surface area contributed by atoms with Crippen molar-refractivity contribution in [2.75, 3.05) is 0 Å². The zero-order chi connectivity index (χ0) is 15.7. The van der Waals surface area contributed by atoms with Crippen LogP contribution in [0.5, 0.6) is 0 Å².